The molecule has 0 atom stereocenters. The first-order chi connectivity index (χ1) is 6.27. The molecule has 2 nitrogen and oxygen atoms in total. The van der Waals surface area contributed by atoms with Gasteiger partial charge in [-0.15, -0.1) is 11.8 Å². The Bertz CT molecular complexity index is 276. The Balaban J connectivity index is 2.74. The number of benzene rings is 1. The molecule has 0 radical (unpaired) electrons. The van der Waals surface area contributed by atoms with E-state index in [1.54, 1.807) is 18.9 Å². The van der Waals surface area contributed by atoms with Crippen LogP contribution in [0.1, 0.15) is 11.1 Å². The fraction of sp³-hybridized carbons (Fsp3) is 0.400. The first-order valence-corrected chi connectivity index (χ1v) is 5.39. The Labute approximate surface area is 83.6 Å². The van der Waals surface area contributed by atoms with Gasteiger partial charge in [-0.05, 0) is 30.4 Å². The van der Waals surface area contributed by atoms with Crippen molar-refractivity contribution in [3.8, 4) is 0 Å². The maximum absolute atomic E-state index is 4.79. The molecule has 0 bridgehead atoms. The van der Waals surface area contributed by atoms with Crippen LogP contribution in [0.25, 0.3) is 0 Å². The molecule has 1 rings (SSSR count). The second-order valence-corrected chi connectivity index (χ2v) is 3.68. The summed E-state index contributed by atoms with van der Waals surface area (Å²) in [4.78, 5) is 6.12. The molecule has 0 aliphatic carbocycles. The zero-order chi connectivity index (χ0) is 9.68. The van der Waals surface area contributed by atoms with Gasteiger partial charge in [-0.25, -0.2) is 0 Å². The van der Waals surface area contributed by atoms with Crippen molar-refractivity contribution in [3.05, 3.63) is 29.3 Å². The zero-order valence-electron chi connectivity index (χ0n) is 8.26. The minimum absolute atomic E-state index is 0.754. The van der Waals surface area contributed by atoms with Gasteiger partial charge in [0.2, 0.25) is 0 Å². The van der Waals surface area contributed by atoms with E-state index in [2.05, 4.69) is 36.9 Å². The number of hydrogen-bond acceptors (Lipinski definition) is 3. The van der Waals surface area contributed by atoms with E-state index in [1.165, 1.54) is 16.0 Å². The number of aryl methyl sites for hydroxylation is 1. The molecular formula is C10H15NOS. The third-order valence-electron chi connectivity index (χ3n) is 1.89. The molecule has 0 fully saturated rings. The van der Waals surface area contributed by atoms with E-state index < -0.39 is 0 Å². The Morgan fingerprint density at radius 1 is 1.46 bits per heavy atom. The first kappa shape index (κ1) is 10.6. The van der Waals surface area contributed by atoms with Crippen molar-refractivity contribution >= 4 is 11.8 Å². The molecule has 1 aromatic carbocycles. The van der Waals surface area contributed by atoms with Gasteiger partial charge in [-0.3, -0.25) is 0 Å². The minimum atomic E-state index is 0.754. The smallest absolute Gasteiger partial charge is 0.0572 e. The summed E-state index contributed by atoms with van der Waals surface area (Å²) in [5.41, 5.74) is 5.40. The van der Waals surface area contributed by atoms with Gasteiger partial charge in [-0.1, -0.05) is 12.1 Å². The Hall–Kier alpha value is -0.510. The summed E-state index contributed by atoms with van der Waals surface area (Å²) in [5.74, 6) is 0. The third kappa shape index (κ3) is 3.03. The lowest BCUT2D eigenvalue weighted by Gasteiger charge is -2.06. The highest BCUT2D eigenvalue weighted by Gasteiger charge is 1.98. The lowest BCUT2D eigenvalue weighted by Crippen LogP contribution is -2.10. The van der Waals surface area contributed by atoms with Gasteiger partial charge in [0, 0.05) is 11.4 Å². The molecule has 0 heterocycles. The van der Waals surface area contributed by atoms with Crippen LogP contribution in [-0.4, -0.2) is 13.4 Å². The van der Waals surface area contributed by atoms with Crippen LogP contribution in [0.2, 0.25) is 0 Å². The molecule has 0 saturated carbocycles. The van der Waals surface area contributed by atoms with E-state index in [-0.39, 0.29) is 0 Å². The Morgan fingerprint density at radius 3 is 2.85 bits per heavy atom. The fourth-order valence-corrected chi connectivity index (χ4v) is 1.79. The number of rotatable bonds is 4. The monoisotopic (exact) mass is 197 g/mol. The van der Waals surface area contributed by atoms with Crippen molar-refractivity contribution in [3.63, 3.8) is 0 Å². The summed E-state index contributed by atoms with van der Waals surface area (Å²) in [5, 5.41) is 0. The molecule has 72 valence electrons. The second kappa shape index (κ2) is 5.27. The highest BCUT2D eigenvalue weighted by atomic mass is 32.2. The standard InChI is InChI=1S/C10H15NOS/c1-8-4-5-9(7-11-12-2)6-10(8)13-3/h4-6,11H,7H2,1-3H3. The molecule has 0 aliphatic rings. The molecule has 0 unspecified atom stereocenters. The predicted octanol–water partition coefficient (Wildman–Crippen LogP) is 2.37. The molecule has 1 N–H and O–H groups in total. The van der Waals surface area contributed by atoms with Crippen LogP contribution in [0.3, 0.4) is 0 Å². The van der Waals surface area contributed by atoms with E-state index >= 15 is 0 Å². The molecule has 1 aromatic rings. The van der Waals surface area contributed by atoms with Crippen molar-refractivity contribution in [2.75, 3.05) is 13.4 Å². The zero-order valence-corrected chi connectivity index (χ0v) is 9.07. The molecule has 13 heavy (non-hydrogen) atoms. The van der Waals surface area contributed by atoms with Crippen LogP contribution in [0.15, 0.2) is 23.1 Å². The molecule has 0 aromatic heterocycles. The first-order valence-electron chi connectivity index (χ1n) is 4.17. The summed E-state index contributed by atoms with van der Waals surface area (Å²) < 4.78 is 0. The van der Waals surface area contributed by atoms with Gasteiger partial charge < -0.3 is 4.84 Å². The quantitative estimate of drug-likeness (QED) is 0.591. The minimum Gasteiger partial charge on any atom is -0.305 e. The average molecular weight is 197 g/mol. The van der Waals surface area contributed by atoms with Crippen molar-refractivity contribution in [2.45, 2.75) is 18.4 Å². The van der Waals surface area contributed by atoms with Crippen LogP contribution in [0, 0.1) is 6.92 Å². The summed E-state index contributed by atoms with van der Waals surface area (Å²) >= 11 is 1.77. The Morgan fingerprint density at radius 2 is 2.23 bits per heavy atom. The van der Waals surface area contributed by atoms with Crippen LogP contribution >= 0.6 is 11.8 Å². The predicted molar refractivity (Wildman–Crippen MR) is 56.8 cm³/mol. The van der Waals surface area contributed by atoms with Crippen molar-refractivity contribution in [1.29, 1.82) is 0 Å². The molecular weight excluding hydrogens is 182 g/mol. The highest BCUT2D eigenvalue weighted by Crippen LogP contribution is 2.20. The fourth-order valence-electron chi connectivity index (χ4n) is 1.13. The van der Waals surface area contributed by atoms with Crippen molar-refractivity contribution in [2.24, 2.45) is 0 Å². The summed E-state index contributed by atoms with van der Waals surface area (Å²) in [6.07, 6.45) is 2.09. The van der Waals surface area contributed by atoms with Crippen molar-refractivity contribution in [1.82, 2.24) is 5.48 Å². The van der Waals surface area contributed by atoms with Gasteiger partial charge in [0.05, 0.1) is 7.11 Å². The van der Waals surface area contributed by atoms with Gasteiger partial charge in [0.15, 0.2) is 0 Å². The Kier molecular flexibility index (Phi) is 4.28. The van der Waals surface area contributed by atoms with E-state index in [1.807, 2.05) is 0 Å². The summed E-state index contributed by atoms with van der Waals surface area (Å²) in [7, 11) is 1.63. The molecule has 3 heteroatoms. The number of nitrogens with one attached hydrogen (secondary N) is 1. The average Bonchev–Trinajstić information content (AvgIpc) is 2.16. The van der Waals surface area contributed by atoms with Crippen LogP contribution in [0.4, 0.5) is 0 Å². The van der Waals surface area contributed by atoms with Crippen molar-refractivity contribution < 1.29 is 4.84 Å². The van der Waals surface area contributed by atoms with Gasteiger partial charge in [0.25, 0.3) is 0 Å². The SMILES string of the molecule is CONCc1ccc(C)c(SC)c1. The van der Waals surface area contributed by atoms with E-state index in [4.69, 9.17) is 4.84 Å². The molecule has 0 saturated heterocycles. The van der Waals surface area contributed by atoms with E-state index in [0.717, 1.165) is 6.54 Å². The lowest BCUT2D eigenvalue weighted by molar-refractivity contribution is 0.0867. The molecule has 0 aliphatic heterocycles. The maximum Gasteiger partial charge on any atom is 0.0572 e. The molecule has 0 spiro atoms. The lowest BCUT2D eigenvalue weighted by atomic mass is 10.1. The van der Waals surface area contributed by atoms with E-state index in [9.17, 15) is 0 Å². The summed E-state index contributed by atoms with van der Waals surface area (Å²) in [6.45, 7) is 2.88. The highest BCUT2D eigenvalue weighted by molar-refractivity contribution is 7.98. The van der Waals surface area contributed by atoms with Crippen LogP contribution < -0.4 is 5.48 Å². The second-order valence-electron chi connectivity index (χ2n) is 2.83. The molecule has 0 amide bonds. The van der Waals surface area contributed by atoms with Gasteiger partial charge in [0.1, 0.15) is 0 Å². The van der Waals surface area contributed by atoms with Crippen LogP contribution in [0.5, 0.6) is 0 Å². The van der Waals surface area contributed by atoms with Gasteiger partial charge >= 0.3 is 0 Å². The third-order valence-corrected chi connectivity index (χ3v) is 2.77. The topological polar surface area (TPSA) is 21.3 Å². The van der Waals surface area contributed by atoms with Crippen LogP contribution in [-0.2, 0) is 11.4 Å². The maximum atomic E-state index is 4.79. The normalized spacial score (nSPS) is 10.4. The summed E-state index contributed by atoms with van der Waals surface area (Å²) in [6, 6.07) is 6.44. The van der Waals surface area contributed by atoms with E-state index in [0.29, 0.717) is 0 Å². The van der Waals surface area contributed by atoms with Gasteiger partial charge in [-0.2, -0.15) is 5.48 Å². The number of hydrogen-bond donors (Lipinski definition) is 1. The number of thioether (sulfide) groups is 1. The largest absolute Gasteiger partial charge is 0.305 e. The number of hydroxylamine groups is 1.